The van der Waals surface area contributed by atoms with Crippen LogP contribution in [0.4, 0.5) is 5.69 Å². The molecule has 0 aliphatic carbocycles. The van der Waals surface area contributed by atoms with Gasteiger partial charge in [-0.1, -0.05) is 75.4 Å². The lowest BCUT2D eigenvalue weighted by Crippen LogP contribution is -2.43. The molecule has 0 fully saturated rings. The molecule has 0 atom stereocenters. The molecule has 0 bridgehead atoms. The largest absolute Gasteiger partial charge is 0.357 e. The molecule has 2 heterocycles. The van der Waals surface area contributed by atoms with Crippen molar-refractivity contribution in [1.29, 1.82) is 0 Å². The van der Waals surface area contributed by atoms with Crippen LogP contribution in [-0.4, -0.2) is 0 Å². The van der Waals surface area contributed by atoms with E-state index in [4.69, 9.17) is 12.2 Å². The second kappa shape index (κ2) is 5.80. The number of nitrogens with zero attached hydrogens (tertiary/aromatic N) is 1. The summed E-state index contributed by atoms with van der Waals surface area (Å²) in [5.74, 6) is 0. The number of benzene rings is 2. The van der Waals surface area contributed by atoms with E-state index >= 15 is 0 Å². The van der Waals surface area contributed by atoms with Crippen LogP contribution < -0.4 is 4.90 Å². The molecule has 2 aromatic carbocycles. The summed E-state index contributed by atoms with van der Waals surface area (Å²) in [5.41, 5.74) is 6.42. The van der Waals surface area contributed by atoms with Crippen LogP contribution in [0.2, 0.25) is 0 Å². The predicted octanol–water partition coefficient (Wildman–Crippen LogP) is 6.77. The highest BCUT2D eigenvalue weighted by Gasteiger charge is 2.39. The summed E-state index contributed by atoms with van der Waals surface area (Å²) in [4.78, 5) is 3.93. The monoisotopic (exact) mass is 369 g/mol. The van der Waals surface area contributed by atoms with Crippen molar-refractivity contribution in [2.75, 3.05) is 4.90 Å². The molecule has 24 heavy (non-hydrogen) atoms. The molecule has 1 aromatic heterocycles. The third-order valence-electron chi connectivity index (χ3n) is 4.76. The average molecular weight is 370 g/mol. The SMILES string of the molecule is Cc1ccc2c(c1)N(Cc1ccccc1)C(C)(C)c1ssc(=S)c1-2. The highest BCUT2D eigenvalue weighted by molar-refractivity contribution is 7.80. The predicted molar refractivity (Wildman–Crippen MR) is 109 cm³/mol. The minimum absolute atomic E-state index is 0.0653. The first-order chi connectivity index (χ1) is 11.5. The van der Waals surface area contributed by atoms with Crippen molar-refractivity contribution < 1.29 is 0 Å². The van der Waals surface area contributed by atoms with Gasteiger partial charge in [-0.15, -0.1) is 0 Å². The van der Waals surface area contributed by atoms with E-state index in [0.29, 0.717) is 0 Å². The maximum absolute atomic E-state index is 5.66. The second-order valence-corrected chi connectivity index (χ2v) is 9.63. The van der Waals surface area contributed by atoms with Gasteiger partial charge in [-0.05, 0) is 38.0 Å². The number of rotatable bonds is 2. The lowest BCUT2D eigenvalue weighted by atomic mass is 9.86. The molecular formula is C20H19NS3. The molecule has 1 aliphatic rings. The molecule has 1 nitrogen and oxygen atoms in total. The molecule has 0 spiro atoms. The minimum atomic E-state index is -0.0653. The minimum Gasteiger partial charge on any atom is -0.357 e. The number of anilines is 1. The first-order valence-electron chi connectivity index (χ1n) is 8.04. The lowest BCUT2D eigenvalue weighted by molar-refractivity contribution is 0.483. The summed E-state index contributed by atoms with van der Waals surface area (Å²) in [6.45, 7) is 7.70. The van der Waals surface area contributed by atoms with Gasteiger partial charge in [0.15, 0.2) is 0 Å². The van der Waals surface area contributed by atoms with Crippen molar-refractivity contribution in [1.82, 2.24) is 0 Å². The molecule has 0 N–H and O–H groups in total. The quantitative estimate of drug-likeness (QED) is 0.362. The van der Waals surface area contributed by atoms with Gasteiger partial charge in [-0.25, -0.2) is 0 Å². The van der Waals surface area contributed by atoms with Gasteiger partial charge in [-0.2, -0.15) is 0 Å². The fraction of sp³-hybridized carbons (Fsp3) is 0.250. The zero-order chi connectivity index (χ0) is 16.9. The van der Waals surface area contributed by atoms with Crippen LogP contribution in [-0.2, 0) is 12.1 Å². The summed E-state index contributed by atoms with van der Waals surface area (Å²) >= 11 is 5.66. The Hall–Kier alpha value is -1.49. The molecule has 0 saturated carbocycles. The van der Waals surface area contributed by atoms with Gasteiger partial charge in [-0.3, -0.25) is 0 Å². The third kappa shape index (κ3) is 2.44. The molecule has 4 rings (SSSR count). The van der Waals surface area contributed by atoms with E-state index in [2.05, 4.69) is 74.2 Å². The van der Waals surface area contributed by atoms with Crippen molar-refractivity contribution in [3.8, 4) is 11.1 Å². The third-order valence-corrected chi connectivity index (χ3v) is 8.09. The van der Waals surface area contributed by atoms with Crippen LogP contribution in [0.5, 0.6) is 0 Å². The van der Waals surface area contributed by atoms with Crippen molar-refractivity contribution in [3.05, 3.63) is 68.4 Å². The second-order valence-electron chi connectivity index (χ2n) is 6.81. The summed E-state index contributed by atoms with van der Waals surface area (Å²) in [7, 11) is 3.57. The summed E-state index contributed by atoms with van der Waals surface area (Å²) in [6, 6.07) is 17.5. The number of hydrogen-bond donors (Lipinski definition) is 0. The smallest absolute Gasteiger partial charge is 0.110 e. The molecule has 0 saturated heterocycles. The molecule has 3 aromatic rings. The van der Waals surface area contributed by atoms with Gasteiger partial charge in [0.2, 0.25) is 0 Å². The number of hydrogen-bond acceptors (Lipinski definition) is 4. The van der Waals surface area contributed by atoms with Crippen molar-refractivity contribution in [2.24, 2.45) is 0 Å². The van der Waals surface area contributed by atoms with E-state index < -0.39 is 0 Å². The van der Waals surface area contributed by atoms with E-state index in [1.807, 2.05) is 10.3 Å². The Labute approximate surface area is 155 Å². The van der Waals surface area contributed by atoms with Gasteiger partial charge in [0.05, 0.1) is 10.4 Å². The maximum Gasteiger partial charge on any atom is 0.110 e. The number of aryl methyl sites for hydroxylation is 1. The van der Waals surface area contributed by atoms with Crippen LogP contribution in [0, 0.1) is 10.7 Å². The summed E-state index contributed by atoms with van der Waals surface area (Å²) < 4.78 is 1.02. The first-order valence-corrected chi connectivity index (χ1v) is 10.6. The Balaban J connectivity index is 1.94. The van der Waals surface area contributed by atoms with Crippen LogP contribution in [0.1, 0.15) is 29.9 Å². The van der Waals surface area contributed by atoms with Crippen molar-refractivity contribution in [2.45, 2.75) is 32.9 Å². The van der Waals surface area contributed by atoms with E-state index in [9.17, 15) is 0 Å². The summed E-state index contributed by atoms with van der Waals surface area (Å²) in [6.07, 6.45) is 0. The highest BCUT2D eigenvalue weighted by atomic mass is 32.9. The Kier molecular flexibility index (Phi) is 3.87. The van der Waals surface area contributed by atoms with Gasteiger partial charge in [0, 0.05) is 23.4 Å². The van der Waals surface area contributed by atoms with Gasteiger partial charge in [0.25, 0.3) is 0 Å². The normalized spacial score (nSPS) is 15.0. The first kappa shape index (κ1) is 16.0. The Bertz CT molecular complexity index is 951. The maximum atomic E-state index is 5.66. The molecule has 0 unspecified atom stereocenters. The van der Waals surface area contributed by atoms with E-state index in [1.165, 1.54) is 32.8 Å². The Morgan fingerprint density at radius 2 is 1.79 bits per heavy atom. The fourth-order valence-corrected chi connectivity index (χ4v) is 6.74. The fourth-order valence-electron chi connectivity index (χ4n) is 3.44. The van der Waals surface area contributed by atoms with Crippen LogP contribution in [0.15, 0.2) is 48.5 Å². The molecule has 4 heteroatoms. The zero-order valence-electron chi connectivity index (χ0n) is 14.0. The van der Waals surface area contributed by atoms with Gasteiger partial charge < -0.3 is 4.90 Å². The Morgan fingerprint density at radius 3 is 2.54 bits per heavy atom. The summed E-state index contributed by atoms with van der Waals surface area (Å²) in [5, 5.41) is 0. The molecule has 122 valence electrons. The van der Waals surface area contributed by atoms with Crippen LogP contribution in [0.3, 0.4) is 0 Å². The van der Waals surface area contributed by atoms with Gasteiger partial charge in [0.1, 0.15) is 3.82 Å². The average Bonchev–Trinajstić information content (AvgIpc) is 2.95. The molecule has 0 amide bonds. The van der Waals surface area contributed by atoms with Crippen molar-refractivity contribution >= 4 is 38.6 Å². The van der Waals surface area contributed by atoms with E-state index in [1.54, 1.807) is 10.3 Å². The number of fused-ring (bicyclic) bond motifs is 3. The van der Waals surface area contributed by atoms with Crippen LogP contribution >= 0.6 is 32.9 Å². The van der Waals surface area contributed by atoms with Crippen molar-refractivity contribution in [3.63, 3.8) is 0 Å². The van der Waals surface area contributed by atoms with Gasteiger partial charge >= 0.3 is 0 Å². The van der Waals surface area contributed by atoms with Crippen LogP contribution in [0.25, 0.3) is 11.1 Å². The van der Waals surface area contributed by atoms with E-state index in [-0.39, 0.29) is 5.54 Å². The molecule has 0 radical (unpaired) electrons. The molecule has 1 aliphatic heterocycles. The van der Waals surface area contributed by atoms with E-state index in [0.717, 1.165) is 10.4 Å². The lowest BCUT2D eigenvalue weighted by Gasteiger charge is -2.45. The topological polar surface area (TPSA) is 3.24 Å². The highest BCUT2D eigenvalue weighted by Crippen LogP contribution is 2.52. The zero-order valence-corrected chi connectivity index (χ0v) is 16.4. The molecular weight excluding hydrogens is 350 g/mol. The Morgan fingerprint density at radius 1 is 1.04 bits per heavy atom. The standard InChI is InChI=1S/C20H19NS3/c1-13-9-10-15-16(11-13)21(12-14-7-5-4-6-8-14)20(2,3)18-17(15)19(22)24-23-18/h4-11H,12H2,1-3H3.